The van der Waals surface area contributed by atoms with Crippen LogP contribution in [0.3, 0.4) is 0 Å². The summed E-state index contributed by atoms with van der Waals surface area (Å²) in [5.41, 5.74) is 1.33. The van der Waals surface area contributed by atoms with E-state index >= 15 is 0 Å². The van der Waals surface area contributed by atoms with Gasteiger partial charge in [-0.25, -0.2) is 0 Å². The van der Waals surface area contributed by atoms with Gasteiger partial charge >= 0.3 is 0 Å². The van der Waals surface area contributed by atoms with Crippen molar-refractivity contribution in [3.8, 4) is 0 Å². The number of benzene rings is 1. The lowest BCUT2D eigenvalue weighted by molar-refractivity contribution is -0.126. The summed E-state index contributed by atoms with van der Waals surface area (Å²) in [5.74, 6) is 0.0332. The van der Waals surface area contributed by atoms with Crippen LogP contribution in [0.4, 0.5) is 0 Å². The summed E-state index contributed by atoms with van der Waals surface area (Å²) in [6.07, 6.45) is 0.947. The zero-order chi connectivity index (χ0) is 14.4. The van der Waals surface area contributed by atoms with Crippen molar-refractivity contribution in [1.82, 2.24) is 10.6 Å². The van der Waals surface area contributed by atoms with Gasteiger partial charge in [-0.15, -0.1) is 0 Å². The third kappa shape index (κ3) is 4.62. The third-order valence-corrected chi connectivity index (χ3v) is 3.50. The van der Waals surface area contributed by atoms with Gasteiger partial charge in [0.2, 0.25) is 5.91 Å². The van der Waals surface area contributed by atoms with Crippen molar-refractivity contribution < 1.29 is 9.53 Å². The molecule has 0 aliphatic carbocycles. The van der Waals surface area contributed by atoms with Gasteiger partial charge in [0, 0.05) is 13.1 Å². The van der Waals surface area contributed by atoms with Gasteiger partial charge in [-0.05, 0) is 17.4 Å². The molecule has 0 spiro atoms. The van der Waals surface area contributed by atoms with Crippen molar-refractivity contribution in [3.63, 3.8) is 0 Å². The Bertz CT molecular complexity index is 425. The smallest absolute Gasteiger partial charge is 0.239 e. The van der Waals surface area contributed by atoms with Crippen molar-refractivity contribution in [2.24, 2.45) is 5.41 Å². The number of hydrogen-bond donors (Lipinski definition) is 2. The molecule has 1 heterocycles. The van der Waals surface area contributed by atoms with Crippen molar-refractivity contribution >= 4 is 5.91 Å². The molecule has 2 N–H and O–H groups in total. The highest BCUT2D eigenvalue weighted by molar-refractivity contribution is 5.82. The standard InChI is InChI=1S/C16H24N2O2/c1-16(2,10-13-6-4-3-5-7-13)12-18-15(19)14-11-20-9-8-17-14/h3-7,14,17H,8-12H2,1-2H3,(H,18,19). The zero-order valence-electron chi connectivity index (χ0n) is 12.3. The summed E-state index contributed by atoms with van der Waals surface area (Å²) in [5, 5.41) is 6.20. The lowest BCUT2D eigenvalue weighted by Crippen LogP contribution is -2.52. The molecule has 110 valence electrons. The van der Waals surface area contributed by atoms with Gasteiger partial charge in [-0.2, -0.15) is 0 Å². The van der Waals surface area contributed by atoms with E-state index in [1.165, 1.54) is 5.56 Å². The molecule has 4 nitrogen and oxygen atoms in total. The van der Waals surface area contributed by atoms with Gasteiger partial charge < -0.3 is 15.4 Å². The largest absolute Gasteiger partial charge is 0.378 e. The van der Waals surface area contributed by atoms with E-state index in [1.54, 1.807) is 0 Å². The Morgan fingerprint density at radius 3 is 2.80 bits per heavy atom. The molecule has 1 aliphatic rings. The molecule has 1 saturated heterocycles. The van der Waals surface area contributed by atoms with E-state index in [0.29, 0.717) is 19.8 Å². The first-order valence-electron chi connectivity index (χ1n) is 7.20. The lowest BCUT2D eigenvalue weighted by Gasteiger charge is -2.28. The first-order valence-corrected chi connectivity index (χ1v) is 7.20. The van der Waals surface area contributed by atoms with Crippen molar-refractivity contribution in [2.45, 2.75) is 26.3 Å². The van der Waals surface area contributed by atoms with Gasteiger partial charge in [0.25, 0.3) is 0 Å². The normalized spacial score (nSPS) is 19.6. The highest BCUT2D eigenvalue weighted by Crippen LogP contribution is 2.20. The van der Waals surface area contributed by atoms with Gasteiger partial charge in [-0.1, -0.05) is 44.2 Å². The average molecular weight is 276 g/mol. The number of amides is 1. The molecule has 1 aliphatic heterocycles. The predicted molar refractivity (Wildman–Crippen MR) is 79.5 cm³/mol. The van der Waals surface area contributed by atoms with Gasteiger partial charge in [0.1, 0.15) is 6.04 Å². The summed E-state index contributed by atoms with van der Waals surface area (Å²) in [7, 11) is 0. The molecule has 4 heteroatoms. The Morgan fingerprint density at radius 1 is 1.40 bits per heavy atom. The van der Waals surface area contributed by atoms with E-state index in [4.69, 9.17) is 4.74 Å². The minimum atomic E-state index is -0.212. The maximum absolute atomic E-state index is 12.0. The van der Waals surface area contributed by atoms with Crippen LogP contribution in [0.1, 0.15) is 19.4 Å². The molecule has 2 rings (SSSR count). The van der Waals surface area contributed by atoms with Crippen LogP contribution in [0.5, 0.6) is 0 Å². The average Bonchev–Trinajstić information content (AvgIpc) is 2.46. The number of hydrogen-bond acceptors (Lipinski definition) is 3. The fourth-order valence-electron chi connectivity index (χ4n) is 2.39. The quantitative estimate of drug-likeness (QED) is 0.854. The monoisotopic (exact) mass is 276 g/mol. The van der Waals surface area contributed by atoms with Crippen LogP contribution >= 0.6 is 0 Å². The molecular weight excluding hydrogens is 252 g/mol. The maximum atomic E-state index is 12.0. The molecule has 1 aromatic rings. The number of ether oxygens (including phenoxy) is 1. The highest BCUT2D eigenvalue weighted by atomic mass is 16.5. The number of nitrogens with one attached hydrogen (secondary N) is 2. The van der Waals surface area contributed by atoms with Crippen molar-refractivity contribution in [3.05, 3.63) is 35.9 Å². The van der Waals surface area contributed by atoms with Crippen LogP contribution in [-0.4, -0.2) is 38.3 Å². The fourth-order valence-corrected chi connectivity index (χ4v) is 2.39. The summed E-state index contributed by atoms with van der Waals surface area (Å²) in [6.45, 7) is 6.90. The number of rotatable bonds is 5. The predicted octanol–water partition coefficient (Wildman–Crippen LogP) is 1.36. The molecule has 1 aromatic carbocycles. The van der Waals surface area contributed by atoms with Crippen LogP contribution < -0.4 is 10.6 Å². The van der Waals surface area contributed by atoms with Crippen LogP contribution in [0.25, 0.3) is 0 Å². The van der Waals surface area contributed by atoms with E-state index < -0.39 is 0 Å². The third-order valence-electron chi connectivity index (χ3n) is 3.50. The van der Waals surface area contributed by atoms with Crippen molar-refractivity contribution in [1.29, 1.82) is 0 Å². The Balaban J connectivity index is 1.80. The van der Waals surface area contributed by atoms with Crippen molar-refractivity contribution in [2.75, 3.05) is 26.3 Å². The van der Waals surface area contributed by atoms with E-state index in [1.807, 2.05) is 18.2 Å². The highest BCUT2D eigenvalue weighted by Gasteiger charge is 2.24. The maximum Gasteiger partial charge on any atom is 0.239 e. The molecule has 1 amide bonds. The van der Waals surface area contributed by atoms with Gasteiger partial charge in [0.15, 0.2) is 0 Å². The van der Waals surface area contributed by atoms with Gasteiger partial charge in [0.05, 0.1) is 13.2 Å². The minimum absolute atomic E-state index is 0.0332. The SMILES string of the molecule is CC(C)(CNC(=O)C1COCCN1)Cc1ccccc1. The van der Waals surface area contributed by atoms with E-state index in [-0.39, 0.29) is 17.4 Å². The molecule has 0 bridgehead atoms. The minimum Gasteiger partial charge on any atom is -0.378 e. The second-order valence-corrected chi connectivity index (χ2v) is 6.13. The molecule has 1 unspecified atom stereocenters. The Kier molecular flexibility index (Phi) is 5.15. The van der Waals surface area contributed by atoms with Crippen LogP contribution in [0.15, 0.2) is 30.3 Å². The Morgan fingerprint density at radius 2 is 2.15 bits per heavy atom. The summed E-state index contributed by atoms with van der Waals surface area (Å²) >= 11 is 0. The molecular formula is C16H24N2O2. The van der Waals surface area contributed by atoms with E-state index in [0.717, 1.165) is 13.0 Å². The van der Waals surface area contributed by atoms with Gasteiger partial charge in [-0.3, -0.25) is 4.79 Å². The molecule has 0 radical (unpaired) electrons. The Hall–Kier alpha value is -1.39. The summed E-state index contributed by atoms with van der Waals surface area (Å²) in [4.78, 5) is 12.0. The summed E-state index contributed by atoms with van der Waals surface area (Å²) in [6, 6.07) is 10.2. The first-order chi connectivity index (χ1) is 9.57. The molecule has 20 heavy (non-hydrogen) atoms. The first kappa shape index (κ1) is 15.0. The number of carbonyl (C=O) groups is 1. The molecule has 1 fully saturated rings. The zero-order valence-corrected chi connectivity index (χ0v) is 12.3. The second-order valence-electron chi connectivity index (χ2n) is 6.13. The Labute approximate surface area is 120 Å². The molecule has 0 aromatic heterocycles. The number of morpholine rings is 1. The van der Waals surface area contributed by atoms with Crippen LogP contribution in [-0.2, 0) is 16.0 Å². The molecule has 0 saturated carbocycles. The van der Waals surface area contributed by atoms with E-state index in [9.17, 15) is 4.79 Å². The lowest BCUT2D eigenvalue weighted by atomic mass is 9.85. The van der Waals surface area contributed by atoms with E-state index in [2.05, 4.69) is 36.6 Å². The second kappa shape index (κ2) is 6.86. The van der Waals surface area contributed by atoms with Crippen LogP contribution in [0, 0.1) is 5.41 Å². The molecule has 1 atom stereocenters. The fraction of sp³-hybridized carbons (Fsp3) is 0.562. The summed E-state index contributed by atoms with van der Waals surface area (Å²) < 4.78 is 5.31. The topological polar surface area (TPSA) is 50.4 Å². The van der Waals surface area contributed by atoms with Crippen LogP contribution in [0.2, 0.25) is 0 Å². The number of carbonyl (C=O) groups excluding carboxylic acids is 1.